The van der Waals surface area contributed by atoms with Crippen LogP contribution in [0.25, 0.3) is 0 Å². The Labute approximate surface area is 152 Å². The monoisotopic (exact) mass is 390 g/mol. The van der Waals surface area contributed by atoms with E-state index < -0.39 is 29.8 Å². The number of pyridine rings is 1. The number of carbonyl (C=O) groups excluding carboxylic acids is 3. The van der Waals surface area contributed by atoms with Crippen LogP contribution in [0.15, 0.2) is 24.5 Å². The van der Waals surface area contributed by atoms with Gasteiger partial charge in [0.15, 0.2) is 0 Å². The first kappa shape index (κ1) is 23.1. The second kappa shape index (κ2) is 13.4. The van der Waals surface area contributed by atoms with E-state index in [1.165, 1.54) is 27.8 Å². The molecule has 140 valence electrons. The average molecular weight is 390 g/mol. The number of aromatic nitrogens is 1. The number of nitrogens with two attached hydrogens (primary N) is 5. The first-order chi connectivity index (χ1) is 11.8. The minimum Gasteiger partial charge on any atom is -0.366 e. The number of carbonyl (C=O) groups is 3. The molecule has 0 fully saturated rings. The molecule has 0 saturated heterocycles. The molecule has 0 aliphatic rings. The van der Waals surface area contributed by atoms with E-state index in [2.05, 4.69) is 4.98 Å². The highest BCUT2D eigenvalue weighted by atomic mass is 33.1. The molecule has 1 aromatic heterocycles. The molecule has 1 heterocycles. The van der Waals surface area contributed by atoms with Crippen molar-refractivity contribution in [3.63, 3.8) is 0 Å². The molecule has 13 heteroatoms. The Balaban J connectivity index is 0.000000535. The highest BCUT2D eigenvalue weighted by Gasteiger charge is 2.14. The van der Waals surface area contributed by atoms with Gasteiger partial charge in [0, 0.05) is 23.9 Å². The van der Waals surface area contributed by atoms with Crippen molar-refractivity contribution < 1.29 is 14.4 Å². The zero-order valence-corrected chi connectivity index (χ0v) is 14.9. The van der Waals surface area contributed by atoms with E-state index in [0.29, 0.717) is 17.1 Å². The van der Waals surface area contributed by atoms with Crippen LogP contribution in [-0.2, 0) is 9.59 Å². The Bertz CT molecular complexity index is 524. The molecule has 1 rings (SSSR count). The van der Waals surface area contributed by atoms with Crippen LogP contribution in [0.5, 0.6) is 0 Å². The quantitative estimate of drug-likeness (QED) is 0.0793. The summed E-state index contributed by atoms with van der Waals surface area (Å²) in [6, 6.07) is 1.93. The van der Waals surface area contributed by atoms with E-state index >= 15 is 0 Å². The number of hydrogen-bond acceptors (Lipinski definition) is 10. The van der Waals surface area contributed by atoms with Gasteiger partial charge >= 0.3 is 0 Å². The normalized spacial score (nSPS) is 12.2. The Morgan fingerprint density at radius 1 is 1.04 bits per heavy atom. The van der Waals surface area contributed by atoms with Gasteiger partial charge in [-0.05, 0) is 12.1 Å². The van der Waals surface area contributed by atoms with Gasteiger partial charge in [0.05, 0.1) is 17.6 Å². The summed E-state index contributed by atoms with van der Waals surface area (Å²) in [5.74, 6) is 9.25. The fourth-order valence-corrected chi connectivity index (χ4v) is 3.36. The molecule has 3 amide bonds. The summed E-state index contributed by atoms with van der Waals surface area (Å²) in [4.78, 5) is 35.9. The van der Waals surface area contributed by atoms with Crippen molar-refractivity contribution in [2.75, 3.05) is 11.5 Å². The number of nitrogens with zero attached hydrogens (tertiary/aromatic N) is 1. The number of hydrazine groups is 2. The van der Waals surface area contributed by atoms with Crippen molar-refractivity contribution in [2.24, 2.45) is 28.9 Å². The van der Waals surface area contributed by atoms with Crippen LogP contribution in [0.2, 0.25) is 0 Å². The minimum absolute atomic E-state index is 0.380. The van der Waals surface area contributed by atoms with E-state index in [1.54, 1.807) is 18.3 Å². The van der Waals surface area contributed by atoms with Crippen LogP contribution < -0.4 is 39.7 Å². The van der Waals surface area contributed by atoms with Crippen molar-refractivity contribution in [3.8, 4) is 0 Å². The maximum absolute atomic E-state index is 10.9. The molecule has 1 unspecified atom stereocenters. The maximum atomic E-state index is 10.9. The summed E-state index contributed by atoms with van der Waals surface area (Å²) in [7, 11) is 2.67. The van der Waals surface area contributed by atoms with Gasteiger partial charge in [-0.1, -0.05) is 21.6 Å². The van der Waals surface area contributed by atoms with Crippen molar-refractivity contribution in [1.29, 1.82) is 0 Å². The first-order valence-corrected chi connectivity index (χ1v) is 9.28. The van der Waals surface area contributed by atoms with Crippen molar-refractivity contribution >= 4 is 39.3 Å². The topological polar surface area (TPSA) is 218 Å². The van der Waals surface area contributed by atoms with Crippen LogP contribution in [0.4, 0.5) is 0 Å². The molecule has 0 spiro atoms. The van der Waals surface area contributed by atoms with E-state index in [1.807, 2.05) is 10.9 Å². The zero-order chi connectivity index (χ0) is 19.2. The molecule has 0 aliphatic heterocycles. The lowest BCUT2D eigenvalue weighted by Gasteiger charge is -2.10. The average Bonchev–Trinajstić information content (AvgIpc) is 2.64. The van der Waals surface area contributed by atoms with Crippen molar-refractivity contribution in [3.05, 3.63) is 30.1 Å². The van der Waals surface area contributed by atoms with E-state index in [0.717, 1.165) is 0 Å². The summed E-state index contributed by atoms with van der Waals surface area (Å²) in [5.41, 5.74) is 20.2. The zero-order valence-electron chi connectivity index (χ0n) is 13.3. The lowest BCUT2D eigenvalue weighted by atomic mass is 10.3. The van der Waals surface area contributed by atoms with Gasteiger partial charge in [0.1, 0.15) is 0 Å². The fourth-order valence-electron chi connectivity index (χ4n) is 1.12. The standard InChI is InChI=1S/C6H16N6O2S2.C6H6N2O/c7-3(5(13)11-9)1-15-16-2-4(8)6(14)12-10;7-6(9)5-2-1-3-8-4-5/h3-4H,1-2,7-10H2,(H,11,13)(H,12,14);1-4H,(H2,7,9)/t3-,4?;/m0./s1. The summed E-state index contributed by atoms with van der Waals surface area (Å²) in [6.45, 7) is 0. The van der Waals surface area contributed by atoms with Gasteiger partial charge in [0.2, 0.25) is 5.91 Å². The Morgan fingerprint density at radius 2 is 1.52 bits per heavy atom. The predicted octanol–water partition coefficient (Wildman–Crippen LogP) is -2.82. The molecule has 25 heavy (non-hydrogen) atoms. The van der Waals surface area contributed by atoms with Crippen LogP contribution in [0.1, 0.15) is 10.4 Å². The molecule has 0 bridgehead atoms. The van der Waals surface area contributed by atoms with Gasteiger partial charge in [-0.2, -0.15) is 0 Å². The van der Waals surface area contributed by atoms with Gasteiger partial charge in [0.25, 0.3) is 11.8 Å². The third-order valence-corrected chi connectivity index (χ3v) is 4.96. The molecule has 0 aromatic carbocycles. The van der Waals surface area contributed by atoms with Gasteiger partial charge in [-0.25, -0.2) is 11.7 Å². The highest BCUT2D eigenvalue weighted by Crippen LogP contribution is 2.21. The molecule has 11 nitrogen and oxygen atoms in total. The van der Waals surface area contributed by atoms with Gasteiger partial charge in [-0.15, -0.1) is 0 Å². The smallest absolute Gasteiger partial charge is 0.251 e. The van der Waals surface area contributed by atoms with E-state index in [9.17, 15) is 14.4 Å². The summed E-state index contributed by atoms with van der Waals surface area (Å²) in [5, 5.41) is 0. The van der Waals surface area contributed by atoms with Crippen molar-refractivity contribution in [1.82, 2.24) is 15.8 Å². The summed E-state index contributed by atoms with van der Waals surface area (Å²) < 4.78 is 0. The molecule has 0 radical (unpaired) electrons. The van der Waals surface area contributed by atoms with Crippen LogP contribution >= 0.6 is 21.6 Å². The third-order valence-electron chi connectivity index (χ3n) is 2.48. The minimum atomic E-state index is -0.679. The lowest BCUT2D eigenvalue weighted by Crippen LogP contribution is -2.45. The highest BCUT2D eigenvalue weighted by molar-refractivity contribution is 8.76. The fraction of sp³-hybridized carbons (Fsp3) is 0.333. The number of amides is 3. The van der Waals surface area contributed by atoms with Crippen LogP contribution in [-0.4, -0.2) is 46.3 Å². The summed E-state index contributed by atoms with van der Waals surface area (Å²) in [6.07, 6.45) is 3.02. The van der Waals surface area contributed by atoms with E-state index in [-0.39, 0.29) is 0 Å². The number of hydrogen-bond donors (Lipinski definition) is 7. The number of rotatable bonds is 8. The third kappa shape index (κ3) is 10.5. The SMILES string of the molecule is NC(=O)c1cccnc1.NNC(=O)C(N)CSSC[C@H](N)C(=O)NN. The Hall–Kier alpha value is -1.90. The molecule has 12 N–H and O–H groups in total. The lowest BCUT2D eigenvalue weighted by molar-refractivity contribution is -0.122. The Morgan fingerprint density at radius 3 is 1.80 bits per heavy atom. The second-order valence-electron chi connectivity index (χ2n) is 4.41. The molecule has 2 atom stereocenters. The molecular weight excluding hydrogens is 368 g/mol. The first-order valence-electron chi connectivity index (χ1n) is 6.79. The van der Waals surface area contributed by atoms with E-state index in [4.69, 9.17) is 28.9 Å². The summed E-state index contributed by atoms with van der Waals surface area (Å²) >= 11 is 0. The largest absolute Gasteiger partial charge is 0.366 e. The predicted molar refractivity (Wildman–Crippen MR) is 98.3 cm³/mol. The van der Waals surface area contributed by atoms with Crippen LogP contribution in [0.3, 0.4) is 0 Å². The van der Waals surface area contributed by atoms with Gasteiger partial charge < -0.3 is 17.2 Å². The number of nitrogens with one attached hydrogen (secondary N) is 2. The Kier molecular flexibility index (Phi) is 12.4. The second-order valence-corrected chi connectivity index (χ2v) is 6.96. The molecule has 1 aromatic rings. The molecule has 0 saturated carbocycles. The maximum Gasteiger partial charge on any atom is 0.251 e. The molecule has 0 aliphatic carbocycles. The van der Waals surface area contributed by atoms with Gasteiger partial charge in [-0.3, -0.25) is 30.2 Å². The number of primary amides is 1. The molecular formula is C12H22N8O3S2. The van der Waals surface area contributed by atoms with Crippen LogP contribution in [0, 0.1) is 0 Å². The van der Waals surface area contributed by atoms with Crippen molar-refractivity contribution in [2.45, 2.75) is 12.1 Å².